The van der Waals surface area contributed by atoms with Gasteiger partial charge in [-0.25, -0.2) is 13.6 Å². The van der Waals surface area contributed by atoms with Crippen LogP contribution in [0, 0.1) is 0 Å². The average molecular weight is 375 g/mol. The van der Waals surface area contributed by atoms with Crippen LogP contribution >= 0.6 is 0 Å². The van der Waals surface area contributed by atoms with Crippen LogP contribution in [0.4, 0.5) is 5.69 Å². The smallest absolute Gasteiger partial charge is 0.316 e. The van der Waals surface area contributed by atoms with Crippen LogP contribution in [0.3, 0.4) is 0 Å². The molecule has 0 aliphatic carbocycles. The zero-order chi connectivity index (χ0) is 19.2. The maximum absolute atomic E-state index is 12.3. The van der Waals surface area contributed by atoms with Gasteiger partial charge < -0.3 is 10.2 Å². The number of hydrogen-bond donors (Lipinski definition) is 2. The molecule has 0 heterocycles. The second-order valence-corrected chi connectivity index (χ2v) is 7.14. The van der Waals surface area contributed by atoms with Crippen LogP contribution in [0.25, 0.3) is 0 Å². The number of para-hydroxylation sites is 1. The van der Waals surface area contributed by atoms with Crippen molar-refractivity contribution in [3.8, 4) is 0 Å². The minimum Gasteiger partial charge on any atom is -0.347 e. The second kappa shape index (κ2) is 8.59. The summed E-state index contributed by atoms with van der Waals surface area (Å²) in [6.45, 7) is 2.43. The lowest BCUT2D eigenvalue weighted by Crippen LogP contribution is -2.43. The van der Waals surface area contributed by atoms with Gasteiger partial charge in [-0.2, -0.15) is 0 Å². The first kappa shape index (κ1) is 19.6. The molecule has 0 aliphatic heterocycles. The van der Waals surface area contributed by atoms with E-state index in [0.29, 0.717) is 18.7 Å². The third-order valence-corrected chi connectivity index (χ3v) is 4.70. The number of anilines is 1. The zero-order valence-electron chi connectivity index (χ0n) is 14.4. The summed E-state index contributed by atoms with van der Waals surface area (Å²) in [4.78, 5) is 25.8. The molecule has 26 heavy (non-hydrogen) atoms. The van der Waals surface area contributed by atoms with Gasteiger partial charge in [0, 0.05) is 18.8 Å². The predicted molar refractivity (Wildman–Crippen MR) is 99.0 cm³/mol. The van der Waals surface area contributed by atoms with E-state index in [1.165, 1.54) is 17.0 Å². The molecule has 138 valence electrons. The first-order chi connectivity index (χ1) is 12.3. The summed E-state index contributed by atoms with van der Waals surface area (Å²) in [6, 6.07) is 15.0. The van der Waals surface area contributed by atoms with Crippen molar-refractivity contribution in [2.75, 3.05) is 18.0 Å². The summed E-state index contributed by atoms with van der Waals surface area (Å²) in [5, 5.41) is 7.63. The summed E-state index contributed by atoms with van der Waals surface area (Å²) in [7, 11) is -3.72. The highest BCUT2D eigenvalue weighted by Crippen LogP contribution is 2.13. The Morgan fingerprint density at radius 1 is 1.04 bits per heavy atom. The second-order valence-electron chi connectivity index (χ2n) is 5.58. The Kier molecular flexibility index (Phi) is 6.48. The Bertz CT molecular complexity index is 865. The number of benzene rings is 2. The van der Waals surface area contributed by atoms with Crippen molar-refractivity contribution in [3.05, 3.63) is 60.2 Å². The quantitative estimate of drug-likeness (QED) is 0.735. The molecule has 0 bridgehead atoms. The van der Waals surface area contributed by atoms with Gasteiger partial charge in [0.15, 0.2) is 0 Å². The molecule has 2 amide bonds. The highest BCUT2D eigenvalue weighted by atomic mass is 32.2. The van der Waals surface area contributed by atoms with E-state index in [2.05, 4.69) is 5.32 Å². The number of hydrogen-bond acceptors (Lipinski definition) is 4. The number of amides is 2. The van der Waals surface area contributed by atoms with Gasteiger partial charge in [-0.15, -0.1) is 0 Å². The van der Waals surface area contributed by atoms with E-state index in [9.17, 15) is 18.0 Å². The number of nitrogens with one attached hydrogen (secondary N) is 1. The Morgan fingerprint density at radius 3 is 2.19 bits per heavy atom. The number of nitrogens with zero attached hydrogens (tertiary/aromatic N) is 1. The molecular formula is C18H21N3O4S. The van der Waals surface area contributed by atoms with Crippen LogP contribution in [-0.4, -0.2) is 33.3 Å². The summed E-state index contributed by atoms with van der Waals surface area (Å²) >= 11 is 0. The molecule has 3 N–H and O–H groups in total. The molecule has 2 aromatic carbocycles. The van der Waals surface area contributed by atoms with E-state index >= 15 is 0 Å². The lowest BCUT2D eigenvalue weighted by Gasteiger charge is -2.20. The molecule has 0 saturated heterocycles. The van der Waals surface area contributed by atoms with E-state index in [4.69, 9.17) is 5.14 Å². The number of carbonyl (C=O) groups excluding carboxylic acids is 2. The zero-order valence-corrected chi connectivity index (χ0v) is 15.2. The molecule has 0 saturated carbocycles. The fourth-order valence-electron chi connectivity index (χ4n) is 2.42. The number of rotatable bonds is 6. The number of carbonyl (C=O) groups is 2. The molecule has 7 nitrogen and oxygen atoms in total. The van der Waals surface area contributed by atoms with Crippen molar-refractivity contribution in [1.82, 2.24) is 5.32 Å². The van der Waals surface area contributed by atoms with Crippen molar-refractivity contribution < 1.29 is 18.0 Å². The summed E-state index contributed by atoms with van der Waals surface area (Å²) in [6.07, 6.45) is 0.460. The van der Waals surface area contributed by atoms with Crippen molar-refractivity contribution >= 4 is 27.5 Å². The van der Waals surface area contributed by atoms with Crippen molar-refractivity contribution in [2.24, 2.45) is 5.14 Å². The topological polar surface area (TPSA) is 110 Å². The Hall–Kier alpha value is -2.71. The molecule has 0 aliphatic rings. The SMILES string of the molecule is CCN(C(=O)C(=O)NCCc1ccc(S(N)(=O)=O)cc1)c1ccccc1. The molecular weight excluding hydrogens is 354 g/mol. The van der Waals surface area contributed by atoms with Gasteiger partial charge in [0.25, 0.3) is 0 Å². The molecule has 0 atom stereocenters. The van der Waals surface area contributed by atoms with Crippen LogP contribution in [0.15, 0.2) is 59.5 Å². The van der Waals surface area contributed by atoms with E-state index in [1.54, 1.807) is 43.3 Å². The first-order valence-corrected chi connectivity index (χ1v) is 9.64. The number of nitrogens with two attached hydrogens (primary N) is 1. The number of sulfonamides is 1. The number of likely N-dealkylation sites (N-methyl/N-ethyl adjacent to an activating group) is 1. The highest BCUT2D eigenvalue weighted by molar-refractivity contribution is 7.89. The third-order valence-electron chi connectivity index (χ3n) is 3.77. The minimum absolute atomic E-state index is 0.0295. The van der Waals surface area contributed by atoms with Crippen molar-refractivity contribution in [2.45, 2.75) is 18.2 Å². The monoisotopic (exact) mass is 375 g/mol. The van der Waals surface area contributed by atoms with Crippen LogP contribution in [0.5, 0.6) is 0 Å². The van der Waals surface area contributed by atoms with Crippen LogP contribution in [0.2, 0.25) is 0 Å². The Balaban J connectivity index is 1.91. The maximum Gasteiger partial charge on any atom is 0.316 e. The van der Waals surface area contributed by atoms with Gasteiger partial charge in [0.1, 0.15) is 0 Å². The number of primary sulfonamides is 1. The molecule has 2 aromatic rings. The minimum atomic E-state index is -3.72. The molecule has 0 fully saturated rings. The highest BCUT2D eigenvalue weighted by Gasteiger charge is 2.21. The van der Waals surface area contributed by atoms with Gasteiger partial charge in [-0.05, 0) is 43.2 Å². The maximum atomic E-state index is 12.3. The lowest BCUT2D eigenvalue weighted by molar-refractivity contribution is -0.137. The van der Waals surface area contributed by atoms with E-state index in [0.717, 1.165) is 5.56 Å². The van der Waals surface area contributed by atoms with Crippen molar-refractivity contribution in [1.29, 1.82) is 0 Å². The predicted octanol–water partition coefficient (Wildman–Crippen LogP) is 1.05. The van der Waals surface area contributed by atoms with Gasteiger partial charge in [-0.1, -0.05) is 30.3 Å². The standard InChI is InChI=1S/C18H21N3O4S/c1-2-21(15-6-4-3-5-7-15)18(23)17(22)20-13-12-14-8-10-16(11-9-14)26(19,24)25/h3-11H,2,12-13H2,1H3,(H,20,22)(H2,19,24,25). The Morgan fingerprint density at radius 2 is 1.65 bits per heavy atom. The fourth-order valence-corrected chi connectivity index (χ4v) is 2.93. The molecule has 0 radical (unpaired) electrons. The van der Waals surface area contributed by atoms with Crippen LogP contribution < -0.4 is 15.4 Å². The summed E-state index contributed by atoms with van der Waals surface area (Å²) < 4.78 is 22.4. The lowest BCUT2D eigenvalue weighted by atomic mass is 10.1. The van der Waals surface area contributed by atoms with Gasteiger partial charge in [0.05, 0.1) is 4.90 Å². The van der Waals surface area contributed by atoms with E-state index in [-0.39, 0.29) is 11.4 Å². The van der Waals surface area contributed by atoms with Gasteiger partial charge >= 0.3 is 11.8 Å². The first-order valence-electron chi connectivity index (χ1n) is 8.09. The van der Waals surface area contributed by atoms with Gasteiger partial charge in [-0.3, -0.25) is 9.59 Å². The molecule has 0 aromatic heterocycles. The van der Waals surface area contributed by atoms with E-state index < -0.39 is 21.8 Å². The average Bonchev–Trinajstić information content (AvgIpc) is 2.62. The summed E-state index contributed by atoms with van der Waals surface area (Å²) in [5.41, 5.74) is 1.48. The summed E-state index contributed by atoms with van der Waals surface area (Å²) in [5.74, 6) is -1.31. The fraction of sp³-hybridized carbons (Fsp3) is 0.222. The van der Waals surface area contributed by atoms with Gasteiger partial charge in [0.2, 0.25) is 10.0 Å². The van der Waals surface area contributed by atoms with Crippen LogP contribution in [0.1, 0.15) is 12.5 Å². The van der Waals surface area contributed by atoms with E-state index in [1.807, 2.05) is 6.07 Å². The van der Waals surface area contributed by atoms with Crippen LogP contribution in [-0.2, 0) is 26.0 Å². The molecule has 0 unspecified atom stereocenters. The normalized spacial score (nSPS) is 11.0. The molecule has 8 heteroatoms. The van der Waals surface area contributed by atoms with Crippen molar-refractivity contribution in [3.63, 3.8) is 0 Å². The Labute approximate surface area is 152 Å². The molecule has 2 rings (SSSR count). The largest absolute Gasteiger partial charge is 0.347 e. The third kappa shape index (κ3) is 5.14. The molecule has 0 spiro atoms.